The number of aryl methyl sites for hydroxylation is 1. The van der Waals surface area contributed by atoms with Crippen LogP contribution in [0.15, 0.2) is 12.1 Å². The molecule has 1 aromatic rings. The predicted molar refractivity (Wildman–Crippen MR) is 80.1 cm³/mol. The average Bonchev–Trinajstić information content (AvgIpc) is 2.47. The summed E-state index contributed by atoms with van der Waals surface area (Å²) >= 11 is 0. The van der Waals surface area contributed by atoms with Crippen molar-refractivity contribution in [3.8, 4) is 0 Å². The Morgan fingerprint density at radius 2 is 2.35 bits per heavy atom. The van der Waals surface area contributed by atoms with Gasteiger partial charge in [0, 0.05) is 44.7 Å². The lowest BCUT2D eigenvalue weighted by Crippen LogP contribution is -2.40. The van der Waals surface area contributed by atoms with Crippen LogP contribution in [0.5, 0.6) is 0 Å². The summed E-state index contributed by atoms with van der Waals surface area (Å²) in [6, 6.07) is 4.11. The van der Waals surface area contributed by atoms with Crippen molar-refractivity contribution in [2.24, 2.45) is 0 Å². The van der Waals surface area contributed by atoms with Crippen LogP contribution in [-0.2, 0) is 9.47 Å². The standard InChI is InChI=1S/C15H25N3O2/c1-4-19-7-5-18-6-8-20-15(11-18)14-10-13(16-3)9-12(2)17-14/h9-10,15H,4-8,11H2,1-3H3,(H,16,17). The number of ether oxygens (including phenoxy) is 2. The quantitative estimate of drug-likeness (QED) is 0.805. The fraction of sp³-hybridized carbons (Fsp3) is 0.667. The van der Waals surface area contributed by atoms with Crippen LogP contribution in [0.25, 0.3) is 0 Å². The molecule has 1 aliphatic heterocycles. The lowest BCUT2D eigenvalue weighted by molar-refractivity contribution is -0.0391. The zero-order valence-corrected chi connectivity index (χ0v) is 12.7. The van der Waals surface area contributed by atoms with Crippen molar-refractivity contribution < 1.29 is 9.47 Å². The van der Waals surface area contributed by atoms with E-state index >= 15 is 0 Å². The van der Waals surface area contributed by atoms with Gasteiger partial charge in [0.05, 0.1) is 18.9 Å². The molecule has 0 aliphatic carbocycles. The molecule has 20 heavy (non-hydrogen) atoms. The topological polar surface area (TPSA) is 46.6 Å². The molecule has 5 heteroatoms. The number of nitrogens with zero attached hydrogens (tertiary/aromatic N) is 2. The third kappa shape index (κ3) is 4.16. The maximum absolute atomic E-state index is 5.88. The minimum atomic E-state index is 0.0531. The highest BCUT2D eigenvalue weighted by Crippen LogP contribution is 2.23. The summed E-state index contributed by atoms with van der Waals surface area (Å²) in [5.41, 5.74) is 3.11. The molecule has 0 bridgehead atoms. The first-order chi connectivity index (χ1) is 9.72. The van der Waals surface area contributed by atoms with E-state index in [-0.39, 0.29) is 6.10 Å². The van der Waals surface area contributed by atoms with Crippen LogP contribution < -0.4 is 5.32 Å². The van der Waals surface area contributed by atoms with E-state index in [0.717, 1.165) is 56.5 Å². The van der Waals surface area contributed by atoms with Gasteiger partial charge in [0.2, 0.25) is 0 Å². The molecular weight excluding hydrogens is 254 g/mol. The van der Waals surface area contributed by atoms with Gasteiger partial charge in [-0.3, -0.25) is 9.88 Å². The first kappa shape index (κ1) is 15.2. The first-order valence-electron chi connectivity index (χ1n) is 7.31. The lowest BCUT2D eigenvalue weighted by atomic mass is 10.1. The molecule has 1 saturated heterocycles. The van der Waals surface area contributed by atoms with Crippen molar-refractivity contribution in [3.05, 3.63) is 23.5 Å². The molecule has 2 heterocycles. The maximum Gasteiger partial charge on any atom is 0.112 e. The Morgan fingerprint density at radius 1 is 1.50 bits per heavy atom. The smallest absolute Gasteiger partial charge is 0.112 e. The van der Waals surface area contributed by atoms with Gasteiger partial charge in [-0.15, -0.1) is 0 Å². The molecule has 1 fully saturated rings. The normalized spacial score (nSPS) is 20.1. The maximum atomic E-state index is 5.88. The van der Waals surface area contributed by atoms with Crippen molar-refractivity contribution in [1.82, 2.24) is 9.88 Å². The average molecular weight is 279 g/mol. The van der Waals surface area contributed by atoms with E-state index < -0.39 is 0 Å². The van der Waals surface area contributed by atoms with Crippen molar-refractivity contribution in [1.29, 1.82) is 0 Å². The minimum Gasteiger partial charge on any atom is -0.388 e. The number of hydrogen-bond acceptors (Lipinski definition) is 5. The number of rotatable bonds is 6. The Kier molecular flexibility index (Phi) is 5.76. The van der Waals surface area contributed by atoms with E-state index in [4.69, 9.17) is 9.47 Å². The Morgan fingerprint density at radius 3 is 3.10 bits per heavy atom. The number of hydrogen-bond donors (Lipinski definition) is 1. The van der Waals surface area contributed by atoms with Crippen LogP contribution in [0.2, 0.25) is 0 Å². The zero-order valence-electron chi connectivity index (χ0n) is 12.7. The van der Waals surface area contributed by atoms with Crippen LogP contribution in [0.3, 0.4) is 0 Å². The summed E-state index contributed by atoms with van der Waals surface area (Å²) < 4.78 is 11.3. The number of pyridine rings is 1. The van der Waals surface area contributed by atoms with Crippen LogP contribution >= 0.6 is 0 Å². The van der Waals surface area contributed by atoms with Gasteiger partial charge in [-0.05, 0) is 26.0 Å². The molecule has 0 saturated carbocycles. The van der Waals surface area contributed by atoms with Gasteiger partial charge in [0.1, 0.15) is 6.10 Å². The van der Waals surface area contributed by atoms with Gasteiger partial charge in [-0.1, -0.05) is 0 Å². The Bertz CT molecular complexity index is 426. The van der Waals surface area contributed by atoms with Crippen LogP contribution in [0.4, 0.5) is 5.69 Å². The third-order valence-corrected chi connectivity index (χ3v) is 3.50. The molecule has 0 radical (unpaired) electrons. The van der Waals surface area contributed by atoms with E-state index in [1.165, 1.54) is 0 Å². The molecule has 0 amide bonds. The second-order valence-corrected chi connectivity index (χ2v) is 5.03. The molecular formula is C15H25N3O2. The minimum absolute atomic E-state index is 0.0531. The molecule has 2 rings (SSSR count). The summed E-state index contributed by atoms with van der Waals surface area (Å²) in [4.78, 5) is 7.00. The van der Waals surface area contributed by atoms with Crippen molar-refractivity contribution in [2.75, 3.05) is 51.8 Å². The van der Waals surface area contributed by atoms with Crippen LogP contribution in [-0.4, -0.2) is 56.4 Å². The number of anilines is 1. The number of aromatic nitrogens is 1. The highest BCUT2D eigenvalue weighted by Gasteiger charge is 2.23. The van der Waals surface area contributed by atoms with Gasteiger partial charge in [-0.25, -0.2) is 0 Å². The Balaban J connectivity index is 1.99. The van der Waals surface area contributed by atoms with Gasteiger partial charge in [-0.2, -0.15) is 0 Å². The highest BCUT2D eigenvalue weighted by molar-refractivity contribution is 5.45. The van der Waals surface area contributed by atoms with Gasteiger partial charge in [0.15, 0.2) is 0 Å². The summed E-state index contributed by atoms with van der Waals surface area (Å²) in [7, 11) is 1.93. The molecule has 1 unspecified atom stereocenters. The summed E-state index contributed by atoms with van der Waals surface area (Å²) in [5, 5.41) is 3.17. The van der Waals surface area contributed by atoms with E-state index in [1.54, 1.807) is 0 Å². The second kappa shape index (κ2) is 7.57. The molecule has 5 nitrogen and oxygen atoms in total. The SMILES string of the molecule is CCOCCN1CCOC(c2cc(NC)cc(C)n2)C1. The lowest BCUT2D eigenvalue weighted by Gasteiger charge is -2.32. The Hall–Kier alpha value is -1.17. The summed E-state index contributed by atoms with van der Waals surface area (Å²) in [5.74, 6) is 0. The van der Waals surface area contributed by atoms with Crippen molar-refractivity contribution in [3.63, 3.8) is 0 Å². The summed E-state index contributed by atoms with van der Waals surface area (Å²) in [6.07, 6.45) is 0.0531. The molecule has 0 aromatic carbocycles. The molecule has 1 aromatic heterocycles. The fourth-order valence-corrected chi connectivity index (χ4v) is 2.43. The van der Waals surface area contributed by atoms with Gasteiger partial charge >= 0.3 is 0 Å². The second-order valence-electron chi connectivity index (χ2n) is 5.03. The third-order valence-electron chi connectivity index (χ3n) is 3.50. The van der Waals surface area contributed by atoms with Gasteiger partial charge < -0.3 is 14.8 Å². The van der Waals surface area contributed by atoms with Crippen LogP contribution in [0, 0.1) is 6.92 Å². The molecule has 1 aliphatic rings. The van der Waals surface area contributed by atoms with E-state index in [9.17, 15) is 0 Å². The largest absolute Gasteiger partial charge is 0.388 e. The fourth-order valence-electron chi connectivity index (χ4n) is 2.43. The molecule has 1 atom stereocenters. The van der Waals surface area contributed by atoms with Gasteiger partial charge in [0.25, 0.3) is 0 Å². The van der Waals surface area contributed by atoms with Crippen LogP contribution in [0.1, 0.15) is 24.4 Å². The number of nitrogens with one attached hydrogen (secondary N) is 1. The van der Waals surface area contributed by atoms with Crippen molar-refractivity contribution >= 4 is 5.69 Å². The monoisotopic (exact) mass is 279 g/mol. The zero-order chi connectivity index (χ0) is 14.4. The van der Waals surface area contributed by atoms with E-state index in [2.05, 4.69) is 21.3 Å². The highest BCUT2D eigenvalue weighted by atomic mass is 16.5. The molecule has 0 spiro atoms. The van der Waals surface area contributed by atoms with Crippen molar-refractivity contribution in [2.45, 2.75) is 20.0 Å². The molecule has 1 N–H and O–H groups in total. The summed E-state index contributed by atoms with van der Waals surface area (Å²) in [6.45, 7) is 9.16. The van der Waals surface area contributed by atoms with E-state index in [0.29, 0.717) is 0 Å². The molecule has 112 valence electrons. The first-order valence-corrected chi connectivity index (χ1v) is 7.31. The van der Waals surface area contributed by atoms with E-state index in [1.807, 2.05) is 27.0 Å². The Labute approximate surface area is 121 Å². The number of morpholine rings is 1. The predicted octanol–water partition coefficient (Wildman–Crippen LogP) is 1.84.